The summed E-state index contributed by atoms with van der Waals surface area (Å²) in [5.41, 5.74) is 1.07. The zero-order valence-electron chi connectivity index (χ0n) is 13.0. The summed E-state index contributed by atoms with van der Waals surface area (Å²) >= 11 is 5.99. The van der Waals surface area contributed by atoms with E-state index >= 15 is 0 Å². The Morgan fingerprint density at radius 3 is 2.67 bits per heavy atom. The van der Waals surface area contributed by atoms with Gasteiger partial charge in [0.25, 0.3) is 0 Å². The number of nitrogens with zero attached hydrogens (tertiary/aromatic N) is 1. The molecule has 0 aromatic heterocycles. The molecule has 116 valence electrons. The molecular formula is C17H25ClN2O. The van der Waals surface area contributed by atoms with Crippen molar-refractivity contribution in [2.45, 2.75) is 50.6 Å². The Balaban J connectivity index is 1.95. The van der Waals surface area contributed by atoms with E-state index in [1.807, 2.05) is 38.4 Å². The molecule has 3 nitrogen and oxygen atoms in total. The van der Waals surface area contributed by atoms with Crippen LogP contribution in [0.5, 0.6) is 0 Å². The van der Waals surface area contributed by atoms with E-state index in [0.29, 0.717) is 18.0 Å². The average Bonchev–Trinajstić information content (AvgIpc) is 2.48. The SMILES string of the molecule is CNC1(CC(=O)N(C)Cc2cccc(Cl)c2)CCCCC1. The minimum Gasteiger partial charge on any atom is -0.341 e. The van der Waals surface area contributed by atoms with E-state index in [1.54, 1.807) is 4.90 Å². The van der Waals surface area contributed by atoms with Gasteiger partial charge in [-0.05, 0) is 37.6 Å². The van der Waals surface area contributed by atoms with E-state index in [2.05, 4.69) is 5.32 Å². The maximum atomic E-state index is 12.5. The standard InChI is InChI=1S/C17H25ClN2O/c1-19-17(9-4-3-5-10-17)12-16(21)20(2)13-14-7-6-8-15(18)11-14/h6-8,11,19H,3-5,9-10,12-13H2,1-2H3. The Hall–Kier alpha value is -1.06. The molecule has 1 aromatic carbocycles. The lowest BCUT2D eigenvalue weighted by Gasteiger charge is -2.37. The molecule has 1 N–H and O–H groups in total. The van der Waals surface area contributed by atoms with Gasteiger partial charge in [-0.2, -0.15) is 0 Å². The number of hydrogen-bond donors (Lipinski definition) is 1. The molecule has 1 saturated carbocycles. The number of benzene rings is 1. The fourth-order valence-corrected chi connectivity index (χ4v) is 3.38. The summed E-state index contributed by atoms with van der Waals surface area (Å²) in [6, 6.07) is 7.70. The summed E-state index contributed by atoms with van der Waals surface area (Å²) in [4.78, 5) is 14.3. The first-order chi connectivity index (χ1) is 10.0. The third kappa shape index (κ3) is 4.45. The lowest BCUT2D eigenvalue weighted by atomic mass is 9.79. The molecule has 0 heterocycles. The van der Waals surface area contributed by atoms with Gasteiger partial charge in [-0.3, -0.25) is 4.79 Å². The first kappa shape index (κ1) is 16.3. The molecular weight excluding hydrogens is 284 g/mol. The van der Waals surface area contributed by atoms with Crippen LogP contribution in [0.3, 0.4) is 0 Å². The first-order valence-corrected chi connectivity index (χ1v) is 8.10. The largest absolute Gasteiger partial charge is 0.341 e. The lowest BCUT2D eigenvalue weighted by molar-refractivity contribution is -0.132. The molecule has 0 unspecified atom stereocenters. The van der Waals surface area contributed by atoms with Gasteiger partial charge in [0.1, 0.15) is 0 Å². The zero-order valence-corrected chi connectivity index (χ0v) is 13.7. The van der Waals surface area contributed by atoms with Crippen LogP contribution in [-0.4, -0.2) is 30.4 Å². The topological polar surface area (TPSA) is 32.3 Å². The Morgan fingerprint density at radius 2 is 2.05 bits per heavy atom. The fourth-order valence-electron chi connectivity index (χ4n) is 3.17. The number of nitrogens with one attached hydrogen (secondary N) is 1. The van der Waals surface area contributed by atoms with Gasteiger partial charge in [-0.25, -0.2) is 0 Å². The second-order valence-electron chi connectivity index (χ2n) is 6.15. The van der Waals surface area contributed by atoms with E-state index in [-0.39, 0.29) is 11.4 Å². The third-order valence-corrected chi connectivity index (χ3v) is 4.80. The normalized spacial score (nSPS) is 17.5. The third-order valence-electron chi connectivity index (χ3n) is 4.57. The van der Waals surface area contributed by atoms with Gasteiger partial charge < -0.3 is 10.2 Å². The molecule has 2 rings (SSSR count). The van der Waals surface area contributed by atoms with Crippen molar-refractivity contribution < 1.29 is 4.79 Å². The van der Waals surface area contributed by atoms with Crippen molar-refractivity contribution in [2.24, 2.45) is 0 Å². The Labute approximate surface area is 132 Å². The van der Waals surface area contributed by atoms with Crippen molar-refractivity contribution in [1.82, 2.24) is 10.2 Å². The molecule has 1 fully saturated rings. The smallest absolute Gasteiger partial charge is 0.224 e. The van der Waals surface area contributed by atoms with E-state index in [0.717, 1.165) is 18.4 Å². The molecule has 1 aromatic rings. The van der Waals surface area contributed by atoms with E-state index in [4.69, 9.17) is 11.6 Å². The van der Waals surface area contributed by atoms with Gasteiger partial charge >= 0.3 is 0 Å². The maximum Gasteiger partial charge on any atom is 0.224 e. The molecule has 0 atom stereocenters. The summed E-state index contributed by atoms with van der Waals surface area (Å²) in [7, 11) is 3.85. The number of carbonyl (C=O) groups excluding carboxylic acids is 1. The predicted octanol–water partition coefficient (Wildman–Crippen LogP) is 3.61. The second-order valence-corrected chi connectivity index (χ2v) is 6.58. The van der Waals surface area contributed by atoms with Crippen LogP contribution in [0.1, 0.15) is 44.1 Å². The quantitative estimate of drug-likeness (QED) is 0.901. The molecule has 0 radical (unpaired) electrons. The molecule has 0 saturated heterocycles. The highest BCUT2D eigenvalue weighted by Crippen LogP contribution is 2.31. The minimum absolute atomic E-state index is 0.00206. The number of rotatable bonds is 5. The van der Waals surface area contributed by atoms with Crippen LogP contribution in [-0.2, 0) is 11.3 Å². The summed E-state index contributed by atoms with van der Waals surface area (Å²) in [6.45, 7) is 0.610. The van der Waals surface area contributed by atoms with Crippen molar-refractivity contribution in [1.29, 1.82) is 0 Å². The fraction of sp³-hybridized carbons (Fsp3) is 0.588. The predicted molar refractivity (Wildman–Crippen MR) is 87.4 cm³/mol. The number of hydrogen-bond acceptors (Lipinski definition) is 2. The highest BCUT2D eigenvalue weighted by atomic mass is 35.5. The molecule has 1 aliphatic rings. The summed E-state index contributed by atoms with van der Waals surface area (Å²) in [5.74, 6) is 0.200. The molecule has 21 heavy (non-hydrogen) atoms. The van der Waals surface area contributed by atoms with Gasteiger partial charge in [0.15, 0.2) is 0 Å². The molecule has 0 bridgehead atoms. The van der Waals surface area contributed by atoms with Crippen molar-refractivity contribution in [3.63, 3.8) is 0 Å². The molecule has 4 heteroatoms. The van der Waals surface area contributed by atoms with Crippen LogP contribution in [0.25, 0.3) is 0 Å². The highest BCUT2D eigenvalue weighted by molar-refractivity contribution is 6.30. The van der Waals surface area contributed by atoms with Gasteiger partial charge in [0.2, 0.25) is 5.91 Å². The minimum atomic E-state index is -0.00206. The monoisotopic (exact) mass is 308 g/mol. The van der Waals surface area contributed by atoms with E-state index < -0.39 is 0 Å². The Kier molecular flexibility index (Phi) is 5.65. The van der Waals surface area contributed by atoms with Crippen molar-refractivity contribution >= 4 is 17.5 Å². The molecule has 0 spiro atoms. The second kappa shape index (κ2) is 7.28. The van der Waals surface area contributed by atoms with Crippen LogP contribution in [0, 0.1) is 0 Å². The van der Waals surface area contributed by atoms with E-state index in [9.17, 15) is 4.79 Å². The number of amides is 1. The molecule has 1 amide bonds. The van der Waals surface area contributed by atoms with Gasteiger partial charge in [-0.15, -0.1) is 0 Å². The Morgan fingerprint density at radius 1 is 1.33 bits per heavy atom. The average molecular weight is 309 g/mol. The zero-order chi connectivity index (χ0) is 15.3. The molecule has 1 aliphatic carbocycles. The van der Waals surface area contributed by atoms with Crippen LogP contribution < -0.4 is 5.32 Å². The van der Waals surface area contributed by atoms with Crippen LogP contribution in [0.4, 0.5) is 0 Å². The summed E-state index contributed by atoms with van der Waals surface area (Å²) < 4.78 is 0. The Bertz CT molecular complexity index is 483. The van der Waals surface area contributed by atoms with Crippen LogP contribution in [0.2, 0.25) is 5.02 Å². The van der Waals surface area contributed by atoms with Crippen molar-refractivity contribution in [2.75, 3.05) is 14.1 Å². The summed E-state index contributed by atoms with van der Waals surface area (Å²) in [5, 5.41) is 4.12. The first-order valence-electron chi connectivity index (χ1n) is 7.72. The van der Waals surface area contributed by atoms with Crippen molar-refractivity contribution in [3.05, 3.63) is 34.9 Å². The van der Waals surface area contributed by atoms with Crippen LogP contribution in [0.15, 0.2) is 24.3 Å². The van der Waals surface area contributed by atoms with Crippen molar-refractivity contribution in [3.8, 4) is 0 Å². The maximum absolute atomic E-state index is 12.5. The van der Waals surface area contributed by atoms with Gasteiger partial charge in [-0.1, -0.05) is 43.0 Å². The number of halogens is 1. The van der Waals surface area contributed by atoms with Gasteiger partial charge in [0, 0.05) is 30.6 Å². The summed E-state index contributed by atoms with van der Waals surface area (Å²) in [6.07, 6.45) is 6.50. The van der Waals surface area contributed by atoms with Crippen LogP contribution >= 0.6 is 11.6 Å². The lowest BCUT2D eigenvalue weighted by Crippen LogP contribution is -2.48. The highest BCUT2D eigenvalue weighted by Gasteiger charge is 2.33. The number of carbonyl (C=O) groups is 1. The van der Waals surface area contributed by atoms with Gasteiger partial charge in [0.05, 0.1) is 0 Å². The van der Waals surface area contributed by atoms with E-state index in [1.165, 1.54) is 19.3 Å². The molecule has 0 aliphatic heterocycles.